The molecule has 0 bridgehead atoms. The molecule has 1 aliphatic rings. The highest BCUT2D eigenvalue weighted by atomic mass is 15.3. The van der Waals surface area contributed by atoms with E-state index in [1.165, 1.54) is 0 Å². The summed E-state index contributed by atoms with van der Waals surface area (Å²) < 4.78 is 0. The lowest BCUT2D eigenvalue weighted by atomic mass is 10.1. The zero-order valence-electron chi connectivity index (χ0n) is 7.36. The van der Waals surface area contributed by atoms with E-state index in [1.807, 2.05) is 24.3 Å². The Labute approximate surface area is 80.4 Å². The predicted octanol–water partition coefficient (Wildman–Crippen LogP) is 1.99. The number of allylic oxidation sites excluding steroid dienone is 1. The second kappa shape index (κ2) is 2.70. The van der Waals surface area contributed by atoms with Gasteiger partial charge >= 0.3 is 0 Å². The molecule has 2 N–H and O–H groups in total. The van der Waals surface area contributed by atoms with Gasteiger partial charge in [0.15, 0.2) is 0 Å². The molecule has 4 nitrogen and oxygen atoms in total. The maximum absolute atomic E-state index is 4.27. The number of hydrogen-bond donors (Lipinski definition) is 2. The minimum Gasteiger partial charge on any atom is -0.345 e. The number of aromatic amines is 1. The third kappa shape index (κ3) is 0.939. The van der Waals surface area contributed by atoms with Crippen LogP contribution >= 0.6 is 0 Å². The molecule has 68 valence electrons. The molecule has 0 unspecified atom stereocenters. The monoisotopic (exact) mass is 184 g/mol. The molecular weight excluding hydrogens is 176 g/mol. The summed E-state index contributed by atoms with van der Waals surface area (Å²) in [7, 11) is 0. The van der Waals surface area contributed by atoms with Crippen LogP contribution in [0.5, 0.6) is 0 Å². The Morgan fingerprint density at radius 3 is 3.21 bits per heavy atom. The highest BCUT2D eigenvalue weighted by Crippen LogP contribution is 2.25. The van der Waals surface area contributed by atoms with Crippen LogP contribution in [0.3, 0.4) is 0 Å². The summed E-state index contributed by atoms with van der Waals surface area (Å²) in [6.07, 6.45) is 7.32. The van der Waals surface area contributed by atoms with Gasteiger partial charge in [0.05, 0.1) is 23.0 Å². The van der Waals surface area contributed by atoms with E-state index in [0.29, 0.717) is 0 Å². The molecule has 1 aliphatic heterocycles. The van der Waals surface area contributed by atoms with Gasteiger partial charge in [-0.25, -0.2) is 4.98 Å². The fraction of sp³-hybridized carbons (Fsp3) is 0. The van der Waals surface area contributed by atoms with Crippen LogP contribution in [-0.2, 0) is 0 Å². The van der Waals surface area contributed by atoms with Crippen molar-refractivity contribution >= 4 is 29.0 Å². The Morgan fingerprint density at radius 1 is 1.21 bits per heavy atom. The lowest BCUT2D eigenvalue weighted by Gasteiger charge is -2.03. The number of nitrogens with one attached hydrogen (secondary N) is 2. The molecule has 14 heavy (non-hydrogen) atoms. The summed E-state index contributed by atoms with van der Waals surface area (Å²) in [4.78, 5) is 7.35. The number of rotatable bonds is 0. The summed E-state index contributed by atoms with van der Waals surface area (Å²) in [5, 5.41) is 4.00. The van der Waals surface area contributed by atoms with Crippen molar-refractivity contribution in [3.8, 4) is 0 Å². The number of aromatic nitrogens is 2. The van der Waals surface area contributed by atoms with Gasteiger partial charge in [-0.3, -0.25) is 5.43 Å². The van der Waals surface area contributed by atoms with E-state index >= 15 is 0 Å². The molecule has 0 aliphatic carbocycles. The van der Waals surface area contributed by atoms with Gasteiger partial charge in [-0.2, -0.15) is 5.10 Å². The maximum Gasteiger partial charge on any atom is 0.0976 e. The van der Waals surface area contributed by atoms with Crippen molar-refractivity contribution in [1.29, 1.82) is 0 Å². The second-order valence-electron chi connectivity index (χ2n) is 3.07. The van der Waals surface area contributed by atoms with Gasteiger partial charge in [0.2, 0.25) is 0 Å². The summed E-state index contributed by atoms with van der Waals surface area (Å²) in [5.74, 6) is 0. The highest BCUT2D eigenvalue weighted by molar-refractivity contribution is 5.95. The number of nitrogens with zero attached hydrogens (tertiary/aromatic N) is 2. The second-order valence-corrected chi connectivity index (χ2v) is 3.07. The molecule has 4 heteroatoms. The summed E-state index contributed by atoms with van der Waals surface area (Å²) in [6, 6.07) is 3.98. The third-order valence-electron chi connectivity index (χ3n) is 2.24. The van der Waals surface area contributed by atoms with Crippen molar-refractivity contribution < 1.29 is 0 Å². The van der Waals surface area contributed by atoms with E-state index in [9.17, 15) is 0 Å². The molecule has 1 aromatic heterocycles. The summed E-state index contributed by atoms with van der Waals surface area (Å²) >= 11 is 0. The van der Waals surface area contributed by atoms with Crippen LogP contribution in [-0.4, -0.2) is 16.2 Å². The van der Waals surface area contributed by atoms with Crippen molar-refractivity contribution in [3.63, 3.8) is 0 Å². The number of hydrazone groups is 1. The number of fused-ring (bicyclic) bond motifs is 3. The van der Waals surface area contributed by atoms with Crippen molar-refractivity contribution in [3.05, 3.63) is 30.1 Å². The molecule has 1 aromatic carbocycles. The van der Waals surface area contributed by atoms with E-state index in [1.54, 1.807) is 12.5 Å². The number of benzene rings is 1. The average Bonchev–Trinajstić information content (AvgIpc) is 2.55. The van der Waals surface area contributed by atoms with Crippen molar-refractivity contribution in [2.75, 3.05) is 5.43 Å². The largest absolute Gasteiger partial charge is 0.345 e. The van der Waals surface area contributed by atoms with Crippen LogP contribution < -0.4 is 5.43 Å². The summed E-state index contributed by atoms with van der Waals surface area (Å²) in [6.45, 7) is 0. The van der Waals surface area contributed by atoms with Crippen molar-refractivity contribution in [1.82, 2.24) is 9.97 Å². The minimum atomic E-state index is 0.969. The van der Waals surface area contributed by atoms with Crippen molar-refractivity contribution in [2.24, 2.45) is 5.10 Å². The Morgan fingerprint density at radius 2 is 2.21 bits per heavy atom. The topological polar surface area (TPSA) is 53.1 Å². The van der Waals surface area contributed by atoms with Gasteiger partial charge < -0.3 is 4.98 Å². The Balaban J connectivity index is 2.38. The highest BCUT2D eigenvalue weighted by Gasteiger charge is 2.07. The van der Waals surface area contributed by atoms with E-state index in [4.69, 9.17) is 0 Å². The van der Waals surface area contributed by atoms with E-state index < -0.39 is 0 Å². The SMILES string of the molecule is C1=Cc2c(ccc3[nH]cnc23)NN=C1. The maximum atomic E-state index is 4.27. The van der Waals surface area contributed by atoms with Crippen LogP contribution in [0.2, 0.25) is 0 Å². The average molecular weight is 184 g/mol. The molecule has 3 rings (SSSR count). The number of H-pyrrole nitrogens is 1. The van der Waals surface area contributed by atoms with Gasteiger partial charge in [0.25, 0.3) is 0 Å². The normalized spacial score (nSPS) is 13.7. The third-order valence-corrected chi connectivity index (χ3v) is 2.24. The molecule has 0 saturated heterocycles. The lowest BCUT2D eigenvalue weighted by Crippen LogP contribution is -1.90. The van der Waals surface area contributed by atoms with Gasteiger partial charge in [-0.1, -0.05) is 0 Å². The molecule has 0 radical (unpaired) electrons. The van der Waals surface area contributed by atoms with E-state index in [-0.39, 0.29) is 0 Å². The molecule has 0 atom stereocenters. The first kappa shape index (κ1) is 7.32. The first-order valence-electron chi connectivity index (χ1n) is 4.37. The molecule has 0 saturated carbocycles. The van der Waals surface area contributed by atoms with Crippen LogP contribution in [0.25, 0.3) is 17.1 Å². The van der Waals surface area contributed by atoms with Crippen molar-refractivity contribution in [2.45, 2.75) is 0 Å². The quantitative estimate of drug-likeness (QED) is 0.657. The molecule has 0 amide bonds. The predicted molar refractivity (Wildman–Crippen MR) is 57.2 cm³/mol. The summed E-state index contributed by atoms with van der Waals surface area (Å²) in [5.41, 5.74) is 7.02. The van der Waals surface area contributed by atoms with Gasteiger partial charge in [-0.15, -0.1) is 0 Å². The minimum absolute atomic E-state index is 0.969. The molecule has 2 aromatic rings. The van der Waals surface area contributed by atoms with E-state index in [2.05, 4.69) is 20.5 Å². The molecular formula is C10H8N4. The molecule has 0 spiro atoms. The van der Waals surface area contributed by atoms with Gasteiger partial charge in [0, 0.05) is 11.8 Å². The first-order chi connectivity index (χ1) is 6.95. The Bertz CT molecular complexity index is 536. The standard InChI is InChI=1S/C10H8N4/c1-2-7-8(14-13-5-1)3-4-9-10(7)12-6-11-9/h1-6,14H,(H,11,12). The molecule has 0 fully saturated rings. The zero-order valence-corrected chi connectivity index (χ0v) is 7.36. The van der Waals surface area contributed by atoms with Crippen LogP contribution in [0, 0.1) is 0 Å². The van der Waals surface area contributed by atoms with Crippen LogP contribution in [0.1, 0.15) is 5.56 Å². The number of imidazole rings is 1. The fourth-order valence-electron chi connectivity index (χ4n) is 1.59. The molecule has 2 heterocycles. The number of anilines is 1. The fourth-order valence-corrected chi connectivity index (χ4v) is 1.59. The van der Waals surface area contributed by atoms with Gasteiger partial charge in [-0.05, 0) is 24.3 Å². The Hall–Kier alpha value is -2.10. The van der Waals surface area contributed by atoms with Crippen LogP contribution in [0.4, 0.5) is 5.69 Å². The van der Waals surface area contributed by atoms with E-state index in [0.717, 1.165) is 22.3 Å². The smallest absolute Gasteiger partial charge is 0.0976 e. The van der Waals surface area contributed by atoms with Crippen LogP contribution in [0.15, 0.2) is 29.6 Å². The Kier molecular flexibility index (Phi) is 1.41. The zero-order chi connectivity index (χ0) is 9.38. The lowest BCUT2D eigenvalue weighted by molar-refractivity contribution is 1.34. The van der Waals surface area contributed by atoms with Gasteiger partial charge in [0.1, 0.15) is 0 Å². The first-order valence-corrected chi connectivity index (χ1v) is 4.37. The number of hydrogen-bond acceptors (Lipinski definition) is 3.